The van der Waals surface area contributed by atoms with E-state index in [0.29, 0.717) is 11.6 Å². The SMILES string of the molecule is C[NH+](CC(=O)NCC(=O)Nc1ccc(F)c(F)c1)Cc1ccccc1Cl. The maximum Gasteiger partial charge on any atom is 0.275 e. The second-order valence-corrected chi connectivity index (χ2v) is 6.26. The zero-order chi connectivity index (χ0) is 19.1. The minimum Gasteiger partial charge on any atom is -0.342 e. The summed E-state index contributed by atoms with van der Waals surface area (Å²) in [6.45, 7) is 0.453. The average molecular weight is 383 g/mol. The van der Waals surface area contributed by atoms with Crippen molar-refractivity contribution in [3.8, 4) is 0 Å². The van der Waals surface area contributed by atoms with E-state index in [4.69, 9.17) is 11.6 Å². The van der Waals surface area contributed by atoms with Crippen LogP contribution in [0.4, 0.5) is 14.5 Å². The molecule has 0 spiro atoms. The Balaban J connectivity index is 1.76. The van der Waals surface area contributed by atoms with Gasteiger partial charge in [0.15, 0.2) is 18.2 Å². The third-order valence-electron chi connectivity index (χ3n) is 3.56. The summed E-state index contributed by atoms with van der Waals surface area (Å²) in [4.78, 5) is 24.6. The molecule has 2 aromatic carbocycles. The fraction of sp³-hybridized carbons (Fsp3) is 0.222. The molecule has 1 unspecified atom stereocenters. The summed E-state index contributed by atoms with van der Waals surface area (Å²) in [5.74, 6) is -2.90. The van der Waals surface area contributed by atoms with Crippen molar-refractivity contribution in [2.75, 3.05) is 25.5 Å². The van der Waals surface area contributed by atoms with Gasteiger partial charge in [0.05, 0.1) is 13.6 Å². The summed E-state index contributed by atoms with van der Waals surface area (Å²) in [6.07, 6.45) is 0. The number of carbonyl (C=O) groups is 2. The van der Waals surface area contributed by atoms with Crippen LogP contribution in [0.15, 0.2) is 42.5 Å². The molecular formula is C18H19ClF2N3O2+. The lowest BCUT2D eigenvalue weighted by atomic mass is 10.2. The van der Waals surface area contributed by atoms with Gasteiger partial charge in [0.25, 0.3) is 5.91 Å². The van der Waals surface area contributed by atoms with Crippen LogP contribution < -0.4 is 15.5 Å². The standard InChI is InChI=1S/C18H18ClF2N3O2/c1-24(10-12-4-2-3-5-14(12)19)11-18(26)22-9-17(25)23-13-6-7-15(20)16(21)8-13/h2-8H,9-11H2,1H3,(H,22,26)(H,23,25)/p+1. The van der Waals surface area contributed by atoms with Crippen molar-refractivity contribution in [1.82, 2.24) is 5.32 Å². The van der Waals surface area contributed by atoms with Crippen molar-refractivity contribution < 1.29 is 23.3 Å². The third kappa shape index (κ3) is 6.09. The number of hydrogen-bond acceptors (Lipinski definition) is 2. The van der Waals surface area contributed by atoms with E-state index in [1.54, 1.807) is 6.07 Å². The summed E-state index contributed by atoms with van der Waals surface area (Å²) in [5, 5.41) is 5.51. The maximum absolute atomic E-state index is 13.1. The van der Waals surface area contributed by atoms with Crippen molar-refractivity contribution >= 4 is 29.1 Å². The van der Waals surface area contributed by atoms with E-state index in [2.05, 4.69) is 10.6 Å². The molecule has 0 bridgehead atoms. The Hall–Kier alpha value is -2.51. The molecule has 0 aliphatic rings. The molecule has 0 aliphatic heterocycles. The first-order valence-electron chi connectivity index (χ1n) is 7.91. The number of nitrogens with one attached hydrogen (secondary N) is 3. The van der Waals surface area contributed by atoms with Gasteiger partial charge in [-0.05, 0) is 18.2 Å². The predicted molar refractivity (Wildman–Crippen MR) is 94.9 cm³/mol. The molecule has 3 N–H and O–H groups in total. The number of carbonyl (C=O) groups excluding carboxylic acids is 2. The molecule has 2 rings (SSSR count). The van der Waals surface area contributed by atoms with Crippen molar-refractivity contribution in [2.24, 2.45) is 0 Å². The van der Waals surface area contributed by atoms with Crippen molar-refractivity contribution in [1.29, 1.82) is 0 Å². The van der Waals surface area contributed by atoms with Gasteiger partial charge in [-0.3, -0.25) is 9.59 Å². The van der Waals surface area contributed by atoms with E-state index in [-0.39, 0.29) is 24.7 Å². The molecule has 2 aromatic rings. The highest BCUT2D eigenvalue weighted by atomic mass is 35.5. The van der Waals surface area contributed by atoms with Gasteiger partial charge in [-0.25, -0.2) is 8.78 Å². The van der Waals surface area contributed by atoms with Crippen LogP contribution in [0.5, 0.6) is 0 Å². The first kappa shape index (κ1) is 19.8. The number of amides is 2. The second-order valence-electron chi connectivity index (χ2n) is 5.86. The lowest BCUT2D eigenvalue weighted by Gasteiger charge is -2.14. The van der Waals surface area contributed by atoms with Crippen LogP contribution in [-0.2, 0) is 16.1 Å². The maximum atomic E-state index is 13.1. The van der Waals surface area contributed by atoms with Crippen LogP contribution >= 0.6 is 11.6 Å². The highest BCUT2D eigenvalue weighted by Gasteiger charge is 2.13. The van der Waals surface area contributed by atoms with Gasteiger partial charge in [-0.15, -0.1) is 0 Å². The molecule has 138 valence electrons. The van der Waals surface area contributed by atoms with Gasteiger partial charge in [0.2, 0.25) is 5.91 Å². The molecule has 0 radical (unpaired) electrons. The molecule has 1 atom stereocenters. The minimum absolute atomic E-state index is 0.115. The van der Waals surface area contributed by atoms with Crippen LogP contribution in [0.1, 0.15) is 5.56 Å². The lowest BCUT2D eigenvalue weighted by Crippen LogP contribution is -3.08. The van der Waals surface area contributed by atoms with E-state index in [1.807, 2.05) is 25.2 Å². The van der Waals surface area contributed by atoms with Gasteiger partial charge >= 0.3 is 0 Å². The fourth-order valence-electron chi connectivity index (χ4n) is 2.32. The number of quaternary nitrogens is 1. The third-order valence-corrected chi connectivity index (χ3v) is 3.93. The highest BCUT2D eigenvalue weighted by Crippen LogP contribution is 2.13. The van der Waals surface area contributed by atoms with Gasteiger partial charge < -0.3 is 15.5 Å². The van der Waals surface area contributed by atoms with E-state index >= 15 is 0 Å². The molecular weight excluding hydrogens is 364 g/mol. The Morgan fingerprint density at radius 3 is 2.50 bits per heavy atom. The Morgan fingerprint density at radius 2 is 1.81 bits per heavy atom. The first-order chi connectivity index (χ1) is 12.3. The fourth-order valence-corrected chi connectivity index (χ4v) is 2.53. The highest BCUT2D eigenvalue weighted by molar-refractivity contribution is 6.31. The summed E-state index contributed by atoms with van der Waals surface area (Å²) >= 11 is 6.09. The molecule has 0 aromatic heterocycles. The molecule has 26 heavy (non-hydrogen) atoms. The molecule has 0 saturated heterocycles. The monoisotopic (exact) mass is 382 g/mol. The molecule has 5 nitrogen and oxygen atoms in total. The van der Waals surface area contributed by atoms with Gasteiger partial charge in [0, 0.05) is 22.3 Å². The lowest BCUT2D eigenvalue weighted by molar-refractivity contribution is -0.885. The molecule has 0 fully saturated rings. The number of anilines is 1. The zero-order valence-corrected chi connectivity index (χ0v) is 14.9. The Morgan fingerprint density at radius 1 is 1.08 bits per heavy atom. The number of hydrogen-bond donors (Lipinski definition) is 3. The zero-order valence-electron chi connectivity index (χ0n) is 14.1. The Kier molecular flexibility index (Phi) is 7.06. The number of benzene rings is 2. The summed E-state index contributed by atoms with van der Waals surface area (Å²) in [7, 11) is 1.84. The van der Waals surface area contributed by atoms with Gasteiger partial charge in [-0.2, -0.15) is 0 Å². The Labute approximate surface area is 154 Å². The smallest absolute Gasteiger partial charge is 0.275 e. The number of likely N-dealkylation sites (N-methyl/N-ethyl adjacent to an activating group) is 1. The van der Waals surface area contributed by atoms with E-state index in [9.17, 15) is 18.4 Å². The minimum atomic E-state index is -1.06. The second kappa shape index (κ2) is 9.26. The summed E-state index contributed by atoms with van der Waals surface area (Å²) < 4.78 is 25.9. The van der Waals surface area contributed by atoms with Crippen LogP contribution in [0.25, 0.3) is 0 Å². The quantitative estimate of drug-likeness (QED) is 0.677. The van der Waals surface area contributed by atoms with Gasteiger partial charge in [-0.1, -0.05) is 29.8 Å². The van der Waals surface area contributed by atoms with Crippen molar-refractivity contribution in [3.05, 3.63) is 64.7 Å². The van der Waals surface area contributed by atoms with Gasteiger partial charge in [0.1, 0.15) is 6.54 Å². The van der Waals surface area contributed by atoms with Crippen molar-refractivity contribution in [2.45, 2.75) is 6.54 Å². The van der Waals surface area contributed by atoms with E-state index < -0.39 is 17.5 Å². The molecule has 0 saturated carbocycles. The van der Waals surface area contributed by atoms with E-state index in [1.165, 1.54) is 6.07 Å². The molecule has 8 heteroatoms. The van der Waals surface area contributed by atoms with Crippen LogP contribution in [-0.4, -0.2) is 32.0 Å². The van der Waals surface area contributed by atoms with Crippen LogP contribution in [0.3, 0.4) is 0 Å². The average Bonchev–Trinajstić information content (AvgIpc) is 2.58. The Bertz CT molecular complexity index is 802. The summed E-state index contributed by atoms with van der Waals surface area (Å²) in [6, 6.07) is 10.4. The molecule has 0 heterocycles. The van der Waals surface area contributed by atoms with Crippen LogP contribution in [0, 0.1) is 11.6 Å². The van der Waals surface area contributed by atoms with Crippen molar-refractivity contribution in [3.63, 3.8) is 0 Å². The summed E-state index contributed by atoms with van der Waals surface area (Å²) in [5.41, 5.74) is 1.04. The normalized spacial score (nSPS) is 11.7. The number of halogens is 3. The molecule has 0 aliphatic carbocycles. The topological polar surface area (TPSA) is 62.6 Å². The first-order valence-corrected chi connectivity index (χ1v) is 8.29. The molecule has 2 amide bonds. The predicted octanol–water partition coefficient (Wildman–Crippen LogP) is 1.39. The number of rotatable bonds is 7. The largest absolute Gasteiger partial charge is 0.342 e. The van der Waals surface area contributed by atoms with Crippen LogP contribution in [0.2, 0.25) is 5.02 Å². The van der Waals surface area contributed by atoms with E-state index in [0.717, 1.165) is 22.6 Å².